The molecule has 0 aliphatic heterocycles. The van der Waals surface area contributed by atoms with E-state index in [0.29, 0.717) is 6.42 Å². The maximum Gasteiger partial charge on any atom is 0.149 e. The van der Waals surface area contributed by atoms with Crippen LogP contribution in [0.1, 0.15) is 47.5 Å². The van der Waals surface area contributed by atoms with Crippen LogP contribution in [0.5, 0.6) is 0 Å². The molecule has 0 aliphatic carbocycles. The molecule has 84 valence electrons. The van der Waals surface area contributed by atoms with Crippen molar-refractivity contribution < 1.29 is 9.59 Å². The first-order valence-corrected chi connectivity index (χ1v) is 5.30. The summed E-state index contributed by atoms with van der Waals surface area (Å²) in [5.41, 5.74) is 5.50. The number of carbonyl (C=O) groups is 2. The summed E-state index contributed by atoms with van der Waals surface area (Å²) in [6.45, 7) is 9.37. The largest absolute Gasteiger partial charge is 0.321 e. The molecule has 0 bridgehead atoms. The van der Waals surface area contributed by atoms with Crippen molar-refractivity contribution in [1.29, 1.82) is 0 Å². The van der Waals surface area contributed by atoms with Gasteiger partial charge in [-0.2, -0.15) is 0 Å². The highest BCUT2D eigenvalue weighted by molar-refractivity contribution is 5.90. The molecule has 1 unspecified atom stereocenters. The van der Waals surface area contributed by atoms with Crippen LogP contribution in [0.3, 0.4) is 0 Å². The second-order valence-corrected chi connectivity index (χ2v) is 3.25. The van der Waals surface area contributed by atoms with Gasteiger partial charge in [0.05, 0.1) is 6.04 Å². The summed E-state index contributed by atoms with van der Waals surface area (Å²) in [6.07, 6.45) is 0.594. The van der Waals surface area contributed by atoms with Crippen LogP contribution in [0.25, 0.3) is 0 Å². The minimum atomic E-state index is -0.593. The van der Waals surface area contributed by atoms with Gasteiger partial charge >= 0.3 is 0 Å². The average molecular weight is 201 g/mol. The third-order valence-electron chi connectivity index (χ3n) is 1.83. The summed E-state index contributed by atoms with van der Waals surface area (Å²) in [4.78, 5) is 22.1. The molecule has 0 rings (SSSR count). The zero-order valence-corrected chi connectivity index (χ0v) is 9.96. The van der Waals surface area contributed by atoms with E-state index in [1.807, 2.05) is 27.7 Å². The zero-order chi connectivity index (χ0) is 11.7. The molecule has 0 fully saturated rings. The van der Waals surface area contributed by atoms with Gasteiger partial charge < -0.3 is 5.73 Å². The predicted octanol–water partition coefficient (Wildman–Crippen LogP) is 1.93. The van der Waals surface area contributed by atoms with Gasteiger partial charge in [0.1, 0.15) is 11.6 Å². The van der Waals surface area contributed by atoms with E-state index in [1.54, 1.807) is 6.92 Å². The van der Waals surface area contributed by atoms with Crippen LogP contribution in [0.2, 0.25) is 0 Å². The molecule has 3 nitrogen and oxygen atoms in total. The Balaban J connectivity index is 0. The zero-order valence-electron chi connectivity index (χ0n) is 9.96. The number of ketones is 2. The first-order chi connectivity index (χ1) is 6.49. The van der Waals surface area contributed by atoms with Crippen LogP contribution in [-0.4, -0.2) is 17.6 Å². The van der Waals surface area contributed by atoms with E-state index < -0.39 is 6.04 Å². The summed E-state index contributed by atoms with van der Waals surface area (Å²) in [5.74, 6) is -0.00555. The van der Waals surface area contributed by atoms with Crippen molar-refractivity contribution in [3.05, 3.63) is 0 Å². The fraction of sp³-hybridized carbons (Fsp3) is 0.818. The molecule has 0 aromatic carbocycles. The van der Waals surface area contributed by atoms with E-state index in [1.165, 1.54) is 0 Å². The van der Waals surface area contributed by atoms with Gasteiger partial charge in [0.15, 0.2) is 0 Å². The lowest BCUT2D eigenvalue weighted by atomic mass is 9.99. The van der Waals surface area contributed by atoms with E-state index in [-0.39, 0.29) is 23.9 Å². The topological polar surface area (TPSA) is 60.2 Å². The monoisotopic (exact) mass is 201 g/mol. The number of hydrogen-bond acceptors (Lipinski definition) is 3. The highest BCUT2D eigenvalue weighted by atomic mass is 16.1. The number of hydrogen-bond donors (Lipinski definition) is 1. The van der Waals surface area contributed by atoms with E-state index in [2.05, 4.69) is 0 Å². The van der Waals surface area contributed by atoms with Crippen LogP contribution < -0.4 is 5.73 Å². The van der Waals surface area contributed by atoms with Gasteiger partial charge in [-0.3, -0.25) is 9.59 Å². The van der Waals surface area contributed by atoms with Crippen molar-refractivity contribution in [1.82, 2.24) is 0 Å². The Morgan fingerprint density at radius 1 is 1.14 bits per heavy atom. The molecule has 14 heavy (non-hydrogen) atoms. The highest BCUT2D eigenvalue weighted by Crippen LogP contribution is 2.02. The SMILES string of the molecule is CC.CCC(=O)C(N)CC(=O)C(C)C. The third kappa shape index (κ3) is 6.78. The summed E-state index contributed by atoms with van der Waals surface area (Å²) in [5, 5.41) is 0. The first-order valence-electron chi connectivity index (χ1n) is 5.30. The molecule has 0 aromatic heterocycles. The standard InChI is InChI=1S/C9H17NO2.C2H6/c1-4-8(11)7(10)5-9(12)6(2)3;1-2/h6-7H,4-5,10H2,1-3H3;1-2H3. The second-order valence-electron chi connectivity index (χ2n) is 3.25. The second kappa shape index (κ2) is 8.88. The molecule has 0 spiro atoms. The van der Waals surface area contributed by atoms with Gasteiger partial charge in [-0.05, 0) is 0 Å². The Hall–Kier alpha value is -0.700. The quantitative estimate of drug-likeness (QED) is 0.739. The molecule has 0 saturated heterocycles. The third-order valence-corrected chi connectivity index (χ3v) is 1.83. The summed E-state index contributed by atoms with van der Waals surface area (Å²) >= 11 is 0. The van der Waals surface area contributed by atoms with Crippen LogP contribution in [0.4, 0.5) is 0 Å². The number of nitrogens with two attached hydrogens (primary N) is 1. The molecule has 0 aliphatic rings. The Morgan fingerprint density at radius 2 is 1.57 bits per heavy atom. The fourth-order valence-electron chi connectivity index (χ4n) is 0.828. The lowest BCUT2D eigenvalue weighted by Gasteiger charge is -2.09. The maximum atomic E-state index is 11.1. The molecule has 0 aromatic rings. The Morgan fingerprint density at radius 3 is 1.86 bits per heavy atom. The van der Waals surface area contributed by atoms with Gasteiger partial charge in [-0.15, -0.1) is 0 Å². The Labute approximate surface area is 87.1 Å². The fourth-order valence-corrected chi connectivity index (χ4v) is 0.828. The predicted molar refractivity (Wildman–Crippen MR) is 59.1 cm³/mol. The van der Waals surface area contributed by atoms with Gasteiger partial charge in [-0.1, -0.05) is 34.6 Å². The van der Waals surface area contributed by atoms with Crippen molar-refractivity contribution in [2.75, 3.05) is 0 Å². The molecular weight excluding hydrogens is 178 g/mol. The lowest BCUT2D eigenvalue weighted by Crippen LogP contribution is -2.33. The first kappa shape index (κ1) is 15.8. The van der Waals surface area contributed by atoms with E-state index in [9.17, 15) is 9.59 Å². The number of rotatable bonds is 5. The van der Waals surface area contributed by atoms with E-state index in [4.69, 9.17) is 5.73 Å². The molecule has 0 saturated carbocycles. The Kier molecular flexibility index (Phi) is 9.99. The molecule has 0 radical (unpaired) electrons. The molecule has 0 heterocycles. The molecule has 0 amide bonds. The maximum absolute atomic E-state index is 11.1. The number of Topliss-reactive ketones (excluding diaryl/α,β-unsaturated/α-hetero) is 2. The summed E-state index contributed by atoms with van der Waals surface area (Å²) < 4.78 is 0. The molecular formula is C11H23NO2. The smallest absolute Gasteiger partial charge is 0.149 e. The van der Waals surface area contributed by atoms with Gasteiger partial charge in [0, 0.05) is 18.8 Å². The van der Waals surface area contributed by atoms with Crippen molar-refractivity contribution >= 4 is 11.6 Å². The van der Waals surface area contributed by atoms with Gasteiger partial charge in [-0.25, -0.2) is 0 Å². The summed E-state index contributed by atoms with van der Waals surface area (Å²) in [6, 6.07) is -0.593. The van der Waals surface area contributed by atoms with Gasteiger partial charge in [0.2, 0.25) is 0 Å². The molecule has 2 N–H and O–H groups in total. The number of carbonyl (C=O) groups excluding carboxylic acids is 2. The van der Waals surface area contributed by atoms with Crippen molar-refractivity contribution in [3.8, 4) is 0 Å². The van der Waals surface area contributed by atoms with Crippen LogP contribution in [0, 0.1) is 5.92 Å². The van der Waals surface area contributed by atoms with Crippen LogP contribution >= 0.6 is 0 Å². The normalized spacial score (nSPS) is 11.6. The molecule has 1 atom stereocenters. The van der Waals surface area contributed by atoms with Crippen LogP contribution in [-0.2, 0) is 9.59 Å². The minimum Gasteiger partial charge on any atom is -0.321 e. The van der Waals surface area contributed by atoms with E-state index >= 15 is 0 Å². The summed E-state index contributed by atoms with van der Waals surface area (Å²) in [7, 11) is 0. The average Bonchev–Trinajstić information content (AvgIpc) is 2.19. The minimum absolute atomic E-state index is 0.0271. The van der Waals surface area contributed by atoms with Crippen molar-refractivity contribution in [2.45, 2.75) is 53.5 Å². The lowest BCUT2D eigenvalue weighted by molar-refractivity contribution is -0.126. The van der Waals surface area contributed by atoms with Crippen LogP contribution in [0.15, 0.2) is 0 Å². The van der Waals surface area contributed by atoms with Crippen molar-refractivity contribution in [3.63, 3.8) is 0 Å². The Bertz CT molecular complexity index is 176. The van der Waals surface area contributed by atoms with Crippen molar-refractivity contribution in [2.24, 2.45) is 11.7 Å². The van der Waals surface area contributed by atoms with Gasteiger partial charge in [0.25, 0.3) is 0 Å². The molecule has 3 heteroatoms. The highest BCUT2D eigenvalue weighted by Gasteiger charge is 2.17. The van der Waals surface area contributed by atoms with E-state index in [0.717, 1.165) is 0 Å².